The number of carbonyl (C=O) groups is 3. The summed E-state index contributed by atoms with van der Waals surface area (Å²) < 4.78 is 4.73. The van der Waals surface area contributed by atoms with Crippen LogP contribution in [0, 0.1) is 17.0 Å². The third-order valence-electron chi connectivity index (χ3n) is 2.98. The Morgan fingerprint density at radius 1 is 1.12 bits per heavy atom. The summed E-state index contributed by atoms with van der Waals surface area (Å²) in [5.41, 5.74) is 4.63. The number of hydrogen-bond donors (Lipinski definition) is 2. The number of carbonyl (C=O) groups excluding carboxylic acids is 3. The van der Waals surface area contributed by atoms with Gasteiger partial charge >= 0.3 is 5.97 Å². The highest BCUT2D eigenvalue weighted by Crippen LogP contribution is 2.11. The lowest BCUT2D eigenvalue weighted by Gasteiger charge is -2.08. The van der Waals surface area contributed by atoms with Crippen molar-refractivity contribution in [3.63, 3.8) is 0 Å². The van der Waals surface area contributed by atoms with E-state index in [0.29, 0.717) is 5.69 Å². The number of amides is 2. The maximum absolute atomic E-state index is 11.8. The molecule has 0 aliphatic rings. The van der Waals surface area contributed by atoms with Gasteiger partial charge in [-0.15, -0.1) is 0 Å². The zero-order valence-corrected chi connectivity index (χ0v) is 13.5. The summed E-state index contributed by atoms with van der Waals surface area (Å²) in [6, 6.07) is 4.77. The normalized spacial score (nSPS) is 9.88. The first kappa shape index (κ1) is 18.4. The van der Waals surface area contributed by atoms with Crippen molar-refractivity contribution in [2.45, 2.75) is 6.92 Å². The number of nitrogens with one attached hydrogen (secondary N) is 2. The minimum Gasteiger partial charge on any atom is -0.451 e. The Balaban J connectivity index is 1.79. The lowest BCUT2D eigenvalue weighted by molar-refractivity contribution is -0.384. The van der Waals surface area contributed by atoms with E-state index in [0.717, 1.165) is 12.1 Å². The second-order valence-corrected chi connectivity index (χ2v) is 4.93. The molecule has 11 nitrogen and oxygen atoms in total. The third kappa shape index (κ3) is 5.06. The van der Waals surface area contributed by atoms with Crippen LogP contribution in [0.2, 0.25) is 0 Å². The highest BCUT2D eigenvalue weighted by atomic mass is 16.6. The van der Waals surface area contributed by atoms with Crippen LogP contribution in [0.4, 0.5) is 5.69 Å². The molecule has 0 fully saturated rings. The zero-order valence-electron chi connectivity index (χ0n) is 13.5. The Morgan fingerprint density at radius 2 is 1.81 bits per heavy atom. The quantitative estimate of drug-likeness (QED) is 0.439. The van der Waals surface area contributed by atoms with E-state index in [9.17, 15) is 24.5 Å². The fraction of sp³-hybridized carbons (Fsp3) is 0.133. The second kappa shape index (κ2) is 8.28. The molecular formula is C15H13N5O6. The standard InChI is InChI=1S/C15H13N5O6/c1-9-6-17-12(7-16-9)15(23)26-8-13(21)18-19-14(22)10-2-4-11(5-3-10)20(24)25/h2-7H,8H2,1H3,(H,18,21)(H,19,22). The number of aromatic nitrogens is 2. The molecule has 2 rings (SSSR count). The van der Waals surface area contributed by atoms with Gasteiger partial charge in [-0.05, 0) is 19.1 Å². The minimum absolute atomic E-state index is 0.0571. The van der Waals surface area contributed by atoms with Crippen LogP contribution in [0.25, 0.3) is 0 Å². The van der Waals surface area contributed by atoms with E-state index in [1.165, 1.54) is 24.5 Å². The molecule has 26 heavy (non-hydrogen) atoms. The van der Waals surface area contributed by atoms with Gasteiger partial charge in [-0.25, -0.2) is 9.78 Å². The van der Waals surface area contributed by atoms with Crippen LogP contribution in [-0.2, 0) is 9.53 Å². The van der Waals surface area contributed by atoms with Gasteiger partial charge in [0.25, 0.3) is 17.5 Å². The Labute approximate surface area is 146 Å². The van der Waals surface area contributed by atoms with Crippen LogP contribution in [0.1, 0.15) is 26.5 Å². The molecule has 134 valence electrons. The average molecular weight is 359 g/mol. The zero-order chi connectivity index (χ0) is 19.1. The van der Waals surface area contributed by atoms with Crippen molar-refractivity contribution in [2.75, 3.05) is 6.61 Å². The number of ether oxygens (including phenoxy) is 1. The number of hydrogen-bond acceptors (Lipinski definition) is 8. The molecule has 0 radical (unpaired) electrons. The fourth-order valence-electron chi connectivity index (χ4n) is 1.67. The van der Waals surface area contributed by atoms with Crippen LogP contribution in [0.3, 0.4) is 0 Å². The number of nitrogens with zero attached hydrogens (tertiary/aromatic N) is 3. The molecule has 1 aromatic heterocycles. The van der Waals surface area contributed by atoms with Crippen molar-refractivity contribution in [2.24, 2.45) is 0 Å². The van der Waals surface area contributed by atoms with E-state index < -0.39 is 29.3 Å². The monoisotopic (exact) mass is 359 g/mol. The van der Waals surface area contributed by atoms with E-state index in [2.05, 4.69) is 15.4 Å². The van der Waals surface area contributed by atoms with Gasteiger partial charge in [0.15, 0.2) is 12.3 Å². The largest absolute Gasteiger partial charge is 0.451 e. The molecule has 0 bridgehead atoms. The second-order valence-electron chi connectivity index (χ2n) is 4.93. The van der Waals surface area contributed by atoms with E-state index >= 15 is 0 Å². The predicted molar refractivity (Wildman–Crippen MR) is 85.8 cm³/mol. The van der Waals surface area contributed by atoms with Crippen LogP contribution >= 0.6 is 0 Å². The van der Waals surface area contributed by atoms with Gasteiger partial charge in [-0.3, -0.25) is 35.5 Å². The number of nitro groups is 1. The number of rotatable bonds is 5. The Morgan fingerprint density at radius 3 is 2.38 bits per heavy atom. The molecule has 0 atom stereocenters. The average Bonchev–Trinajstić information content (AvgIpc) is 2.64. The molecule has 11 heteroatoms. The number of non-ortho nitro benzene ring substituents is 1. The number of nitro benzene ring substituents is 1. The number of aryl methyl sites for hydroxylation is 1. The Kier molecular flexibility index (Phi) is 5.88. The summed E-state index contributed by atoms with van der Waals surface area (Å²) in [5.74, 6) is -2.31. The number of hydrazine groups is 1. The maximum atomic E-state index is 11.8. The molecule has 0 spiro atoms. The van der Waals surface area contributed by atoms with E-state index in [-0.39, 0.29) is 16.9 Å². The van der Waals surface area contributed by atoms with Crippen molar-refractivity contribution in [3.8, 4) is 0 Å². The first-order valence-electron chi connectivity index (χ1n) is 7.16. The summed E-state index contributed by atoms with van der Waals surface area (Å²) in [7, 11) is 0. The van der Waals surface area contributed by atoms with Crippen molar-refractivity contribution in [1.82, 2.24) is 20.8 Å². The highest BCUT2D eigenvalue weighted by molar-refractivity contribution is 5.96. The summed E-state index contributed by atoms with van der Waals surface area (Å²) in [5, 5.41) is 10.5. The predicted octanol–water partition coefficient (Wildman–Crippen LogP) is 0.311. The molecule has 1 aromatic carbocycles. The summed E-state index contributed by atoms with van der Waals surface area (Å²) in [4.78, 5) is 52.7. The van der Waals surface area contributed by atoms with Crippen molar-refractivity contribution in [1.29, 1.82) is 0 Å². The van der Waals surface area contributed by atoms with Crippen molar-refractivity contribution >= 4 is 23.5 Å². The minimum atomic E-state index is -0.839. The summed E-state index contributed by atoms with van der Waals surface area (Å²) in [6.07, 6.45) is 2.59. The molecule has 0 saturated heterocycles. The smallest absolute Gasteiger partial charge is 0.359 e. The Bertz CT molecular complexity index is 835. The van der Waals surface area contributed by atoms with Crippen LogP contribution in [0.15, 0.2) is 36.7 Å². The molecule has 2 aromatic rings. The van der Waals surface area contributed by atoms with Crippen LogP contribution in [-0.4, -0.2) is 39.3 Å². The lowest BCUT2D eigenvalue weighted by Crippen LogP contribution is -2.43. The van der Waals surface area contributed by atoms with Gasteiger partial charge in [-0.2, -0.15) is 0 Å². The molecule has 0 unspecified atom stereocenters. The lowest BCUT2D eigenvalue weighted by atomic mass is 10.2. The molecule has 0 saturated carbocycles. The molecular weight excluding hydrogens is 346 g/mol. The first-order valence-corrected chi connectivity index (χ1v) is 7.16. The topological polar surface area (TPSA) is 153 Å². The highest BCUT2D eigenvalue weighted by Gasteiger charge is 2.13. The molecule has 2 N–H and O–H groups in total. The molecule has 0 aliphatic carbocycles. The molecule has 2 amide bonds. The van der Waals surface area contributed by atoms with Crippen molar-refractivity contribution in [3.05, 3.63) is 63.7 Å². The van der Waals surface area contributed by atoms with Crippen LogP contribution in [0.5, 0.6) is 0 Å². The van der Waals surface area contributed by atoms with Gasteiger partial charge in [0.05, 0.1) is 16.8 Å². The maximum Gasteiger partial charge on any atom is 0.359 e. The summed E-state index contributed by atoms with van der Waals surface area (Å²) in [6.45, 7) is 1.05. The fourth-order valence-corrected chi connectivity index (χ4v) is 1.67. The van der Waals surface area contributed by atoms with Crippen molar-refractivity contribution < 1.29 is 24.0 Å². The first-order chi connectivity index (χ1) is 12.4. The van der Waals surface area contributed by atoms with E-state index in [1.807, 2.05) is 5.43 Å². The van der Waals surface area contributed by atoms with E-state index in [4.69, 9.17) is 4.74 Å². The van der Waals surface area contributed by atoms with Gasteiger partial charge in [0.2, 0.25) is 0 Å². The molecule has 0 aliphatic heterocycles. The number of benzene rings is 1. The number of esters is 1. The van der Waals surface area contributed by atoms with Gasteiger partial charge in [0.1, 0.15) is 0 Å². The Hall–Kier alpha value is -3.89. The summed E-state index contributed by atoms with van der Waals surface area (Å²) >= 11 is 0. The van der Waals surface area contributed by atoms with Crippen LogP contribution < -0.4 is 10.9 Å². The third-order valence-corrected chi connectivity index (χ3v) is 2.98. The molecule has 1 heterocycles. The van der Waals surface area contributed by atoms with Gasteiger partial charge in [0, 0.05) is 23.9 Å². The van der Waals surface area contributed by atoms with Gasteiger partial charge in [-0.1, -0.05) is 0 Å². The van der Waals surface area contributed by atoms with E-state index in [1.54, 1.807) is 6.92 Å². The van der Waals surface area contributed by atoms with Gasteiger partial charge < -0.3 is 4.74 Å². The SMILES string of the molecule is Cc1cnc(C(=O)OCC(=O)NNC(=O)c2ccc([N+](=O)[O-])cc2)cn1.